The summed E-state index contributed by atoms with van der Waals surface area (Å²) >= 11 is 1.28. The predicted octanol–water partition coefficient (Wildman–Crippen LogP) is 1.70. The summed E-state index contributed by atoms with van der Waals surface area (Å²) in [5.74, 6) is 0.434. The van der Waals surface area contributed by atoms with Gasteiger partial charge in [0.15, 0.2) is 9.84 Å². The maximum atomic E-state index is 12.1. The standard InChI is InChI=1S/C12H14N2O3S2/c13-9-10-2-1-3-11(8-10)19(15,16)7-6-18-12-14-4-5-17-12/h1-5,8H,6-7,9,13H2. The number of aromatic nitrogens is 1. The monoisotopic (exact) mass is 298 g/mol. The Kier molecular flexibility index (Phi) is 4.62. The molecule has 0 unspecified atom stereocenters. The quantitative estimate of drug-likeness (QED) is 0.817. The van der Waals surface area contributed by atoms with Gasteiger partial charge in [0, 0.05) is 12.3 Å². The fourth-order valence-corrected chi connectivity index (χ4v) is 4.00. The molecule has 0 aliphatic rings. The van der Waals surface area contributed by atoms with Crippen molar-refractivity contribution in [3.8, 4) is 0 Å². The van der Waals surface area contributed by atoms with E-state index >= 15 is 0 Å². The molecule has 0 radical (unpaired) electrons. The number of rotatable bonds is 6. The van der Waals surface area contributed by atoms with E-state index in [0.717, 1.165) is 5.56 Å². The maximum Gasteiger partial charge on any atom is 0.255 e. The van der Waals surface area contributed by atoms with Gasteiger partial charge in [0.2, 0.25) is 0 Å². The Morgan fingerprint density at radius 3 is 2.89 bits per heavy atom. The van der Waals surface area contributed by atoms with Gasteiger partial charge in [0.25, 0.3) is 5.22 Å². The molecule has 7 heteroatoms. The van der Waals surface area contributed by atoms with Crippen LogP contribution >= 0.6 is 11.8 Å². The number of thioether (sulfide) groups is 1. The average molecular weight is 298 g/mol. The average Bonchev–Trinajstić information content (AvgIpc) is 2.92. The summed E-state index contributed by atoms with van der Waals surface area (Å²) in [6.07, 6.45) is 2.99. The van der Waals surface area contributed by atoms with Crippen LogP contribution in [0.4, 0.5) is 0 Å². The van der Waals surface area contributed by atoms with Crippen molar-refractivity contribution in [3.63, 3.8) is 0 Å². The molecular formula is C12H14N2O3S2. The first-order chi connectivity index (χ1) is 9.12. The van der Waals surface area contributed by atoms with E-state index in [1.807, 2.05) is 0 Å². The van der Waals surface area contributed by atoms with Gasteiger partial charge in [-0.15, -0.1) is 0 Å². The topological polar surface area (TPSA) is 86.2 Å². The lowest BCUT2D eigenvalue weighted by atomic mass is 10.2. The van der Waals surface area contributed by atoms with Gasteiger partial charge >= 0.3 is 0 Å². The van der Waals surface area contributed by atoms with Gasteiger partial charge in [0.1, 0.15) is 6.26 Å². The van der Waals surface area contributed by atoms with E-state index in [4.69, 9.17) is 10.2 Å². The van der Waals surface area contributed by atoms with Crippen molar-refractivity contribution in [2.24, 2.45) is 5.73 Å². The molecule has 0 amide bonds. The molecule has 0 bridgehead atoms. The molecule has 2 aromatic rings. The minimum absolute atomic E-state index is 0.0358. The minimum atomic E-state index is -3.29. The third-order valence-corrected chi connectivity index (χ3v) is 5.31. The Morgan fingerprint density at radius 2 is 2.21 bits per heavy atom. The van der Waals surface area contributed by atoms with E-state index in [9.17, 15) is 8.42 Å². The van der Waals surface area contributed by atoms with Crippen molar-refractivity contribution in [3.05, 3.63) is 42.3 Å². The Morgan fingerprint density at radius 1 is 1.37 bits per heavy atom. The number of benzene rings is 1. The molecule has 1 aromatic carbocycles. The van der Waals surface area contributed by atoms with Crippen molar-refractivity contribution >= 4 is 21.6 Å². The lowest BCUT2D eigenvalue weighted by molar-refractivity contribution is 0.454. The van der Waals surface area contributed by atoms with Crippen molar-refractivity contribution in [2.75, 3.05) is 11.5 Å². The number of hydrogen-bond donors (Lipinski definition) is 1. The molecule has 2 N–H and O–H groups in total. The maximum absolute atomic E-state index is 12.1. The molecule has 1 heterocycles. The number of oxazole rings is 1. The summed E-state index contributed by atoms with van der Waals surface area (Å²) in [5, 5.41) is 0.478. The summed E-state index contributed by atoms with van der Waals surface area (Å²) in [4.78, 5) is 4.23. The Labute approximate surface area is 116 Å². The van der Waals surface area contributed by atoms with Crippen LogP contribution in [0.5, 0.6) is 0 Å². The van der Waals surface area contributed by atoms with Crippen LogP contribution < -0.4 is 5.73 Å². The Balaban J connectivity index is 2.01. The highest BCUT2D eigenvalue weighted by atomic mass is 32.2. The van der Waals surface area contributed by atoms with Crippen LogP contribution in [0.15, 0.2) is 51.3 Å². The third kappa shape index (κ3) is 3.82. The van der Waals surface area contributed by atoms with Crippen LogP contribution in [0.2, 0.25) is 0 Å². The first-order valence-corrected chi connectivity index (χ1v) is 8.29. The first kappa shape index (κ1) is 14.1. The van der Waals surface area contributed by atoms with E-state index in [1.54, 1.807) is 24.3 Å². The first-order valence-electron chi connectivity index (χ1n) is 5.66. The number of nitrogens with two attached hydrogens (primary N) is 1. The van der Waals surface area contributed by atoms with Crippen LogP contribution in [0.3, 0.4) is 0 Å². The molecule has 0 fully saturated rings. The zero-order valence-electron chi connectivity index (χ0n) is 10.2. The molecule has 102 valence electrons. The van der Waals surface area contributed by atoms with E-state index < -0.39 is 9.84 Å². The van der Waals surface area contributed by atoms with E-state index in [1.165, 1.54) is 24.2 Å². The highest BCUT2D eigenvalue weighted by molar-refractivity contribution is 8.00. The van der Waals surface area contributed by atoms with E-state index in [2.05, 4.69) is 4.98 Å². The lowest BCUT2D eigenvalue weighted by Gasteiger charge is -2.05. The third-order valence-electron chi connectivity index (χ3n) is 2.48. The Bertz CT molecular complexity index is 624. The molecule has 0 saturated heterocycles. The van der Waals surface area contributed by atoms with Gasteiger partial charge in [-0.05, 0) is 17.7 Å². The van der Waals surface area contributed by atoms with E-state index in [0.29, 0.717) is 22.4 Å². The summed E-state index contributed by atoms with van der Waals surface area (Å²) < 4.78 is 29.3. The Hall–Kier alpha value is -1.31. The summed E-state index contributed by atoms with van der Waals surface area (Å²) in [5.41, 5.74) is 6.31. The smallest absolute Gasteiger partial charge is 0.255 e. The largest absolute Gasteiger partial charge is 0.440 e. The molecule has 1 aromatic heterocycles. The van der Waals surface area contributed by atoms with Crippen molar-refractivity contribution in [1.29, 1.82) is 0 Å². The van der Waals surface area contributed by atoms with E-state index in [-0.39, 0.29) is 5.75 Å². The summed E-state index contributed by atoms with van der Waals surface area (Å²) in [7, 11) is -3.29. The fourth-order valence-electron chi connectivity index (χ4n) is 1.50. The summed E-state index contributed by atoms with van der Waals surface area (Å²) in [6, 6.07) is 6.71. The zero-order chi connectivity index (χ0) is 13.7. The second-order valence-corrected chi connectivity index (χ2v) is 6.97. The highest BCUT2D eigenvalue weighted by Crippen LogP contribution is 2.18. The van der Waals surface area contributed by atoms with Gasteiger partial charge in [-0.3, -0.25) is 0 Å². The van der Waals surface area contributed by atoms with Crippen LogP contribution in [-0.2, 0) is 16.4 Å². The molecule has 19 heavy (non-hydrogen) atoms. The number of nitrogens with zero attached hydrogens (tertiary/aromatic N) is 1. The molecule has 0 spiro atoms. The highest BCUT2D eigenvalue weighted by Gasteiger charge is 2.15. The lowest BCUT2D eigenvalue weighted by Crippen LogP contribution is -2.09. The van der Waals surface area contributed by atoms with Crippen LogP contribution in [0.1, 0.15) is 5.56 Å². The number of hydrogen-bond acceptors (Lipinski definition) is 6. The summed E-state index contributed by atoms with van der Waals surface area (Å²) in [6.45, 7) is 0.328. The van der Waals surface area contributed by atoms with Crippen molar-refractivity contribution in [2.45, 2.75) is 16.7 Å². The minimum Gasteiger partial charge on any atom is -0.440 e. The predicted molar refractivity (Wildman–Crippen MR) is 73.6 cm³/mol. The molecule has 0 aliphatic heterocycles. The van der Waals surface area contributed by atoms with Crippen LogP contribution in [0.25, 0.3) is 0 Å². The van der Waals surface area contributed by atoms with Gasteiger partial charge < -0.3 is 10.2 Å². The SMILES string of the molecule is NCc1cccc(S(=O)(=O)CCSc2ncco2)c1. The molecule has 0 saturated carbocycles. The van der Waals surface area contributed by atoms with Gasteiger partial charge in [-0.25, -0.2) is 13.4 Å². The van der Waals surface area contributed by atoms with Crippen LogP contribution in [-0.4, -0.2) is 24.9 Å². The van der Waals surface area contributed by atoms with Crippen molar-refractivity contribution in [1.82, 2.24) is 4.98 Å². The van der Waals surface area contributed by atoms with Crippen molar-refractivity contribution < 1.29 is 12.8 Å². The second kappa shape index (κ2) is 6.23. The fraction of sp³-hybridized carbons (Fsp3) is 0.250. The second-order valence-electron chi connectivity index (χ2n) is 3.82. The molecule has 2 rings (SSSR count). The zero-order valence-corrected chi connectivity index (χ0v) is 11.8. The molecular weight excluding hydrogens is 284 g/mol. The molecule has 0 aliphatic carbocycles. The van der Waals surface area contributed by atoms with Gasteiger partial charge in [-0.2, -0.15) is 0 Å². The normalized spacial score (nSPS) is 11.6. The van der Waals surface area contributed by atoms with Gasteiger partial charge in [-0.1, -0.05) is 23.9 Å². The van der Waals surface area contributed by atoms with Crippen LogP contribution in [0, 0.1) is 0 Å². The van der Waals surface area contributed by atoms with Gasteiger partial charge in [0.05, 0.1) is 16.8 Å². The number of sulfone groups is 1. The molecule has 0 atom stereocenters. The molecule has 5 nitrogen and oxygen atoms in total.